The van der Waals surface area contributed by atoms with Crippen molar-refractivity contribution in [1.82, 2.24) is 9.88 Å². The summed E-state index contributed by atoms with van der Waals surface area (Å²) in [7, 11) is 0. The molecule has 2 heterocycles. The van der Waals surface area contributed by atoms with Gasteiger partial charge in [-0.05, 0) is 13.0 Å². The monoisotopic (exact) mass is 343 g/mol. The van der Waals surface area contributed by atoms with E-state index in [0.29, 0.717) is 5.56 Å². The molecule has 124 valence electrons. The zero-order valence-corrected chi connectivity index (χ0v) is 14.1. The number of hydrogen-bond donors (Lipinski definition) is 0. The van der Waals surface area contributed by atoms with E-state index in [1.165, 1.54) is 12.1 Å². The number of nitro benzene ring substituents is 1. The van der Waals surface area contributed by atoms with Crippen LogP contribution in [0.2, 0.25) is 0 Å². The van der Waals surface area contributed by atoms with Gasteiger partial charge in [0.25, 0.3) is 5.69 Å². The average molecular weight is 343 g/mol. The highest BCUT2D eigenvalue weighted by atomic mass is 32.1. The first-order chi connectivity index (χ1) is 11.6. The minimum atomic E-state index is -0.474. The van der Waals surface area contributed by atoms with E-state index in [9.17, 15) is 15.4 Å². The molecule has 0 saturated carbocycles. The van der Waals surface area contributed by atoms with Gasteiger partial charge in [-0.3, -0.25) is 15.0 Å². The van der Waals surface area contributed by atoms with Crippen molar-refractivity contribution in [1.29, 1.82) is 5.26 Å². The smallest absolute Gasteiger partial charge is 0.270 e. The Hall–Kier alpha value is -2.50. The van der Waals surface area contributed by atoms with Crippen LogP contribution < -0.4 is 4.90 Å². The van der Waals surface area contributed by atoms with Gasteiger partial charge < -0.3 is 4.90 Å². The van der Waals surface area contributed by atoms with Crippen molar-refractivity contribution >= 4 is 22.7 Å². The maximum Gasteiger partial charge on any atom is 0.270 e. The van der Waals surface area contributed by atoms with Gasteiger partial charge >= 0.3 is 0 Å². The predicted octanol–water partition coefficient (Wildman–Crippen LogP) is 2.55. The minimum absolute atomic E-state index is 0.0483. The van der Waals surface area contributed by atoms with E-state index < -0.39 is 4.92 Å². The summed E-state index contributed by atoms with van der Waals surface area (Å²) in [5, 5.41) is 23.3. The van der Waals surface area contributed by atoms with Crippen LogP contribution in [0.3, 0.4) is 0 Å². The molecule has 7 nitrogen and oxygen atoms in total. The van der Waals surface area contributed by atoms with Gasteiger partial charge in [-0.25, -0.2) is 4.98 Å². The zero-order valence-electron chi connectivity index (χ0n) is 13.3. The summed E-state index contributed by atoms with van der Waals surface area (Å²) in [6, 6.07) is 6.56. The predicted molar refractivity (Wildman–Crippen MR) is 92.2 cm³/mol. The van der Waals surface area contributed by atoms with Crippen LogP contribution in [0, 0.1) is 28.4 Å². The number of nitro groups is 1. The van der Waals surface area contributed by atoms with Crippen LogP contribution in [0.4, 0.5) is 11.4 Å². The second-order valence-corrected chi connectivity index (χ2v) is 6.75. The number of nitriles is 1. The van der Waals surface area contributed by atoms with E-state index in [1.807, 2.05) is 6.92 Å². The van der Waals surface area contributed by atoms with Crippen LogP contribution in [0.5, 0.6) is 0 Å². The summed E-state index contributed by atoms with van der Waals surface area (Å²) in [5.74, 6) is 0. The molecule has 0 radical (unpaired) electrons. The molecule has 1 aromatic heterocycles. The first kappa shape index (κ1) is 16.4. The van der Waals surface area contributed by atoms with Crippen molar-refractivity contribution in [3.8, 4) is 6.07 Å². The number of nitrogens with zero attached hydrogens (tertiary/aromatic N) is 5. The summed E-state index contributed by atoms with van der Waals surface area (Å²) in [4.78, 5) is 19.3. The molecular weight excluding hydrogens is 326 g/mol. The van der Waals surface area contributed by atoms with Crippen LogP contribution in [-0.4, -0.2) is 41.0 Å². The Morgan fingerprint density at radius 3 is 2.71 bits per heavy atom. The van der Waals surface area contributed by atoms with Gasteiger partial charge in [-0.2, -0.15) is 5.26 Å². The van der Waals surface area contributed by atoms with Crippen molar-refractivity contribution in [2.75, 3.05) is 31.1 Å². The molecule has 0 aliphatic carbocycles. The summed E-state index contributed by atoms with van der Waals surface area (Å²) < 4.78 is 0. The number of anilines is 1. The third-order valence-corrected chi connectivity index (χ3v) is 4.90. The topological polar surface area (TPSA) is 86.3 Å². The lowest BCUT2D eigenvalue weighted by molar-refractivity contribution is -0.384. The Labute approximate surface area is 143 Å². The molecule has 0 atom stereocenters. The van der Waals surface area contributed by atoms with Crippen LogP contribution in [-0.2, 0) is 6.54 Å². The van der Waals surface area contributed by atoms with E-state index in [4.69, 9.17) is 0 Å². The molecule has 0 bridgehead atoms. The van der Waals surface area contributed by atoms with Crippen molar-refractivity contribution in [3.05, 3.63) is 50.0 Å². The molecule has 0 unspecified atom stereocenters. The molecule has 2 aromatic rings. The van der Waals surface area contributed by atoms with E-state index in [0.717, 1.165) is 49.1 Å². The molecule has 1 aromatic carbocycles. The second-order valence-electron chi connectivity index (χ2n) is 5.69. The lowest BCUT2D eigenvalue weighted by Gasteiger charge is -2.36. The number of benzene rings is 1. The molecule has 1 fully saturated rings. The highest BCUT2D eigenvalue weighted by Gasteiger charge is 2.21. The third-order valence-electron chi connectivity index (χ3n) is 4.08. The molecule has 1 aliphatic rings. The maximum absolute atomic E-state index is 10.8. The molecule has 24 heavy (non-hydrogen) atoms. The fourth-order valence-corrected chi connectivity index (χ4v) is 3.46. The summed E-state index contributed by atoms with van der Waals surface area (Å²) >= 11 is 1.66. The van der Waals surface area contributed by atoms with Crippen LogP contribution in [0.15, 0.2) is 23.6 Å². The van der Waals surface area contributed by atoms with E-state index in [-0.39, 0.29) is 5.69 Å². The molecule has 0 amide bonds. The van der Waals surface area contributed by atoms with Gasteiger partial charge in [0.05, 0.1) is 26.9 Å². The molecule has 8 heteroatoms. The van der Waals surface area contributed by atoms with Crippen LogP contribution >= 0.6 is 11.3 Å². The number of non-ortho nitro benzene ring substituents is 1. The van der Waals surface area contributed by atoms with Crippen molar-refractivity contribution in [2.24, 2.45) is 0 Å². The van der Waals surface area contributed by atoms with Gasteiger partial charge in [0.2, 0.25) is 0 Å². The fourth-order valence-electron chi connectivity index (χ4n) is 2.86. The van der Waals surface area contributed by atoms with E-state index in [1.54, 1.807) is 17.4 Å². The van der Waals surface area contributed by atoms with Crippen molar-refractivity contribution in [2.45, 2.75) is 13.5 Å². The number of thiazole rings is 1. The Balaban J connectivity index is 1.66. The Kier molecular flexibility index (Phi) is 4.74. The minimum Gasteiger partial charge on any atom is -0.368 e. The SMILES string of the molecule is Cc1nc(CN2CCN(c3ccc([N+](=O)[O-])cc3C#N)CC2)cs1. The summed E-state index contributed by atoms with van der Waals surface area (Å²) in [5.41, 5.74) is 2.17. The van der Waals surface area contributed by atoms with E-state index >= 15 is 0 Å². The van der Waals surface area contributed by atoms with Gasteiger partial charge in [-0.1, -0.05) is 0 Å². The van der Waals surface area contributed by atoms with Crippen molar-refractivity contribution in [3.63, 3.8) is 0 Å². The second kappa shape index (κ2) is 6.95. The van der Waals surface area contributed by atoms with Gasteiger partial charge in [0.15, 0.2) is 0 Å². The van der Waals surface area contributed by atoms with Gasteiger partial charge in [0.1, 0.15) is 6.07 Å². The normalized spacial score (nSPS) is 15.2. The van der Waals surface area contributed by atoms with E-state index in [2.05, 4.69) is 26.2 Å². The first-order valence-electron chi connectivity index (χ1n) is 7.63. The Bertz CT molecular complexity index is 790. The highest BCUT2D eigenvalue weighted by Crippen LogP contribution is 2.26. The third kappa shape index (κ3) is 3.53. The van der Waals surface area contributed by atoms with Crippen LogP contribution in [0.1, 0.15) is 16.3 Å². The maximum atomic E-state index is 10.8. The average Bonchev–Trinajstić information content (AvgIpc) is 3.00. The molecule has 1 aliphatic heterocycles. The number of hydrogen-bond acceptors (Lipinski definition) is 7. The number of aryl methyl sites for hydroxylation is 1. The van der Waals surface area contributed by atoms with Crippen molar-refractivity contribution < 1.29 is 4.92 Å². The number of aromatic nitrogens is 1. The lowest BCUT2D eigenvalue weighted by atomic mass is 10.1. The van der Waals surface area contributed by atoms with Crippen LogP contribution in [0.25, 0.3) is 0 Å². The molecule has 0 N–H and O–H groups in total. The summed E-state index contributed by atoms with van der Waals surface area (Å²) in [6.45, 7) is 6.16. The zero-order chi connectivity index (χ0) is 17.1. The largest absolute Gasteiger partial charge is 0.368 e. The number of rotatable bonds is 4. The molecule has 1 saturated heterocycles. The standard InChI is InChI=1S/C16H17N5O2S/c1-12-18-14(11-24-12)10-19-4-6-20(7-5-19)16-3-2-15(21(22)23)8-13(16)9-17/h2-3,8,11H,4-7,10H2,1H3. The highest BCUT2D eigenvalue weighted by molar-refractivity contribution is 7.09. The van der Waals surface area contributed by atoms with Gasteiger partial charge in [0, 0.05) is 50.2 Å². The summed E-state index contributed by atoms with van der Waals surface area (Å²) in [6.07, 6.45) is 0. The fraction of sp³-hybridized carbons (Fsp3) is 0.375. The Morgan fingerprint density at radius 1 is 1.38 bits per heavy atom. The van der Waals surface area contributed by atoms with Gasteiger partial charge in [-0.15, -0.1) is 11.3 Å². The molecule has 3 rings (SSSR count). The first-order valence-corrected chi connectivity index (χ1v) is 8.51. The quantitative estimate of drug-likeness (QED) is 0.626. The lowest BCUT2D eigenvalue weighted by Crippen LogP contribution is -2.46. The molecule has 0 spiro atoms. The Morgan fingerprint density at radius 2 is 2.12 bits per heavy atom. The molecular formula is C16H17N5O2S. The number of piperazine rings is 1.